The second kappa shape index (κ2) is 7.35. The summed E-state index contributed by atoms with van der Waals surface area (Å²) in [6.07, 6.45) is -4.09. The molecule has 0 amide bonds. The predicted octanol–water partition coefficient (Wildman–Crippen LogP) is 0.919. The Bertz CT molecular complexity index is 568. The van der Waals surface area contributed by atoms with Gasteiger partial charge in [-0.25, -0.2) is 9.59 Å². The summed E-state index contributed by atoms with van der Waals surface area (Å²) in [5.74, 6) is -1.92. The highest BCUT2D eigenvalue weighted by Gasteiger charge is 2.33. The average Bonchev–Trinajstić information content (AvgIpc) is 2.55. The predicted molar refractivity (Wildman–Crippen MR) is 76.2 cm³/mol. The maximum absolute atomic E-state index is 11.7. The van der Waals surface area contributed by atoms with E-state index in [-0.39, 0.29) is 11.5 Å². The second-order valence-electron chi connectivity index (χ2n) is 4.36. The molecule has 0 aliphatic rings. The van der Waals surface area contributed by atoms with Crippen LogP contribution in [0.3, 0.4) is 0 Å². The molecule has 2 N–H and O–H groups in total. The summed E-state index contributed by atoms with van der Waals surface area (Å²) in [7, 11) is 0. The van der Waals surface area contributed by atoms with Gasteiger partial charge in [-0.1, -0.05) is 36.4 Å². The standard InChI is InChI=1S/C16H14O6/c17-13(15(19)21-11-7-3-1-4-8-11)14(18)16(20)22-12-9-5-2-6-10-12/h1-10,13-14,17-18H. The van der Waals surface area contributed by atoms with Crippen molar-refractivity contribution in [1.82, 2.24) is 0 Å². The number of ether oxygens (including phenoxy) is 2. The molecule has 0 spiro atoms. The molecule has 0 saturated carbocycles. The Hall–Kier alpha value is -2.70. The van der Waals surface area contributed by atoms with Crippen LogP contribution in [0.4, 0.5) is 0 Å². The van der Waals surface area contributed by atoms with Crippen LogP contribution in [0.1, 0.15) is 0 Å². The van der Waals surface area contributed by atoms with Crippen molar-refractivity contribution in [2.45, 2.75) is 12.2 Å². The van der Waals surface area contributed by atoms with Crippen LogP contribution in [-0.2, 0) is 9.59 Å². The lowest BCUT2D eigenvalue weighted by atomic mass is 10.2. The third-order valence-electron chi connectivity index (χ3n) is 2.71. The van der Waals surface area contributed by atoms with Gasteiger partial charge in [-0.05, 0) is 24.3 Å². The van der Waals surface area contributed by atoms with Crippen LogP contribution in [-0.4, -0.2) is 34.4 Å². The molecule has 22 heavy (non-hydrogen) atoms. The zero-order chi connectivity index (χ0) is 15.9. The van der Waals surface area contributed by atoms with E-state index in [0.717, 1.165) is 0 Å². The van der Waals surface area contributed by atoms with Crippen LogP contribution < -0.4 is 9.47 Å². The van der Waals surface area contributed by atoms with E-state index < -0.39 is 24.1 Å². The van der Waals surface area contributed by atoms with E-state index in [2.05, 4.69) is 0 Å². The Kier molecular flexibility index (Phi) is 5.24. The van der Waals surface area contributed by atoms with Gasteiger partial charge in [-0.3, -0.25) is 0 Å². The SMILES string of the molecule is O=C(Oc1ccccc1)C(O)C(O)C(=O)Oc1ccccc1. The maximum atomic E-state index is 11.7. The minimum atomic E-state index is -2.04. The van der Waals surface area contributed by atoms with E-state index >= 15 is 0 Å². The number of rotatable bonds is 5. The molecule has 0 aliphatic carbocycles. The van der Waals surface area contributed by atoms with Gasteiger partial charge in [0, 0.05) is 0 Å². The lowest BCUT2D eigenvalue weighted by Gasteiger charge is -2.15. The highest BCUT2D eigenvalue weighted by atomic mass is 16.6. The van der Waals surface area contributed by atoms with Crippen molar-refractivity contribution < 1.29 is 29.3 Å². The first kappa shape index (κ1) is 15.7. The lowest BCUT2D eigenvalue weighted by Crippen LogP contribution is -2.43. The summed E-state index contributed by atoms with van der Waals surface area (Å²) >= 11 is 0. The Morgan fingerprint density at radius 3 is 1.32 bits per heavy atom. The number of benzene rings is 2. The van der Waals surface area contributed by atoms with E-state index in [4.69, 9.17) is 9.47 Å². The zero-order valence-corrected chi connectivity index (χ0v) is 11.5. The van der Waals surface area contributed by atoms with Crippen molar-refractivity contribution in [2.75, 3.05) is 0 Å². The van der Waals surface area contributed by atoms with Crippen molar-refractivity contribution in [1.29, 1.82) is 0 Å². The van der Waals surface area contributed by atoms with E-state index in [0.29, 0.717) is 0 Å². The fraction of sp³-hybridized carbons (Fsp3) is 0.125. The molecule has 0 saturated heterocycles. The van der Waals surface area contributed by atoms with Gasteiger partial charge in [0.25, 0.3) is 0 Å². The number of esters is 2. The molecular weight excluding hydrogens is 288 g/mol. The number of hydrogen-bond donors (Lipinski definition) is 2. The Morgan fingerprint density at radius 1 is 0.682 bits per heavy atom. The molecule has 0 bridgehead atoms. The highest BCUT2D eigenvalue weighted by molar-refractivity contribution is 5.87. The normalized spacial score (nSPS) is 13.0. The van der Waals surface area contributed by atoms with Crippen molar-refractivity contribution in [3.8, 4) is 11.5 Å². The second-order valence-corrected chi connectivity index (χ2v) is 4.36. The molecule has 6 heteroatoms. The first-order valence-electron chi connectivity index (χ1n) is 6.47. The minimum Gasteiger partial charge on any atom is -0.425 e. The molecule has 114 valence electrons. The first-order chi connectivity index (χ1) is 10.6. The molecule has 0 heterocycles. The van der Waals surface area contributed by atoms with Crippen LogP contribution in [0.5, 0.6) is 11.5 Å². The summed E-state index contributed by atoms with van der Waals surface area (Å²) in [5, 5.41) is 19.3. The largest absolute Gasteiger partial charge is 0.425 e. The van der Waals surface area contributed by atoms with Crippen LogP contribution in [0.2, 0.25) is 0 Å². The van der Waals surface area contributed by atoms with E-state index in [1.54, 1.807) is 36.4 Å². The number of carbonyl (C=O) groups is 2. The quantitative estimate of drug-likeness (QED) is 0.630. The van der Waals surface area contributed by atoms with Gasteiger partial charge in [0.2, 0.25) is 0 Å². The van der Waals surface area contributed by atoms with Crippen molar-refractivity contribution in [3.63, 3.8) is 0 Å². The fourth-order valence-corrected chi connectivity index (χ4v) is 1.59. The third-order valence-corrected chi connectivity index (χ3v) is 2.71. The number of hydrogen-bond acceptors (Lipinski definition) is 6. The Balaban J connectivity index is 1.94. The zero-order valence-electron chi connectivity index (χ0n) is 11.5. The summed E-state index contributed by atoms with van der Waals surface area (Å²) in [6, 6.07) is 16.0. The summed E-state index contributed by atoms with van der Waals surface area (Å²) in [6.45, 7) is 0. The minimum absolute atomic E-state index is 0.190. The summed E-state index contributed by atoms with van der Waals surface area (Å²) in [5.41, 5.74) is 0. The Morgan fingerprint density at radius 2 is 1.00 bits per heavy atom. The van der Waals surface area contributed by atoms with Crippen molar-refractivity contribution in [3.05, 3.63) is 60.7 Å². The summed E-state index contributed by atoms with van der Waals surface area (Å²) in [4.78, 5) is 23.3. The van der Waals surface area contributed by atoms with Gasteiger partial charge < -0.3 is 19.7 Å². The molecule has 0 aliphatic heterocycles. The van der Waals surface area contributed by atoms with Gasteiger partial charge in [-0.2, -0.15) is 0 Å². The Labute approximate surface area is 126 Å². The molecule has 2 aromatic carbocycles. The van der Waals surface area contributed by atoms with Gasteiger partial charge in [0.1, 0.15) is 11.5 Å². The lowest BCUT2D eigenvalue weighted by molar-refractivity contribution is -0.162. The first-order valence-corrected chi connectivity index (χ1v) is 6.47. The smallest absolute Gasteiger partial charge is 0.343 e. The molecule has 0 aromatic heterocycles. The molecule has 6 nitrogen and oxygen atoms in total. The number of aliphatic hydroxyl groups excluding tert-OH is 2. The van der Waals surface area contributed by atoms with Crippen LogP contribution in [0.15, 0.2) is 60.7 Å². The van der Waals surface area contributed by atoms with Crippen molar-refractivity contribution in [2.24, 2.45) is 0 Å². The number of aliphatic hydroxyl groups is 2. The molecule has 2 rings (SSSR count). The third kappa shape index (κ3) is 4.15. The van der Waals surface area contributed by atoms with Crippen LogP contribution >= 0.6 is 0 Å². The highest BCUT2D eigenvalue weighted by Crippen LogP contribution is 2.13. The van der Waals surface area contributed by atoms with E-state index in [1.807, 2.05) is 0 Å². The van der Waals surface area contributed by atoms with Gasteiger partial charge in [-0.15, -0.1) is 0 Å². The van der Waals surface area contributed by atoms with Crippen molar-refractivity contribution >= 4 is 11.9 Å². The van der Waals surface area contributed by atoms with Gasteiger partial charge in [0.15, 0.2) is 12.2 Å². The fourth-order valence-electron chi connectivity index (χ4n) is 1.59. The molecule has 2 atom stereocenters. The van der Waals surface area contributed by atoms with Crippen LogP contribution in [0.25, 0.3) is 0 Å². The molecule has 0 radical (unpaired) electrons. The molecule has 2 unspecified atom stereocenters. The number of para-hydroxylation sites is 2. The van der Waals surface area contributed by atoms with Gasteiger partial charge in [0.05, 0.1) is 0 Å². The van der Waals surface area contributed by atoms with Gasteiger partial charge >= 0.3 is 11.9 Å². The topological polar surface area (TPSA) is 93.1 Å². The monoisotopic (exact) mass is 302 g/mol. The molecule has 2 aromatic rings. The van der Waals surface area contributed by atoms with Crippen LogP contribution in [0, 0.1) is 0 Å². The average molecular weight is 302 g/mol. The molecular formula is C16H14O6. The molecule has 0 fully saturated rings. The maximum Gasteiger partial charge on any atom is 0.343 e. The van der Waals surface area contributed by atoms with E-state index in [1.165, 1.54) is 24.3 Å². The van der Waals surface area contributed by atoms with E-state index in [9.17, 15) is 19.8 Å². The summed E-state index contributed by atoms with van der Waals surface area (Å²) < 4.78 is 9.68. The number of carbonyl (C=O) groups excluding carboxylic acids is 2.